The average Bonchev–Trinajstić information content (AvgIpc) is 2.47. The fraction of sp³-hybridized carbons (Fsp3) is 0.647. The molecule has 0 aliphatic carbocycles. The largest absolute Gasteiger partial charge is 0.379 e. The highest BCUT2D eigenvalue weighted by Crippen LogP contribution is 2.13. The molecule has 0 unspecified atom stereocenters. The zero-order valence-corrected chi connectivity index (χ0v) is 14.8. The monoisotopic (exact) mass is 327 g/mol. The number of sulfonamides is 1. The standard InChI is InChI=1S/C17H29NO3S/c1-4-5-6-8-16-9-11-17(12-10-16)22(19,20)18-13-7-14-21-15(2)3/h9-12,15,18H,4-8,13-14H2,1-3H3. The lowest BCUT2D eigenvalue weighted by Crippen LogP contribution is -2.25. The minimum Gasteiger partial charge on any atom is -0.379 e. The minimum absolute atomic E-state index is 0.178. The molecule has 126 valence electrons. The van der Waals surface area contributed by atoms with Gasteiger partial charge in [-0.25, -0.2) is 13.1 Å². The molecule has 1 N–H and O–H groups in total. The van der Waals surface area contributed by atoms with Crippen LogP contribution in [-0.4, -0.2) is 27.7 Å². The lowest BCUT2D eigenvalue weighted by Gasteiger charge is -2.09. The molecular formula is C17H29NO3S. The number of hydrogen-bond acceptors (Lipinski definition) is 3. The molecule has 4 nitrogen and oxygen atoms in total. The van der Waals surface area contributed by atoms with E-state index in [1.807, 2.05) is 26.0 Å². The van der Waals surface area contributed by atoms with Crippen molar-refractivity contribution < 1.29 is 13.2 Å². The first-order valence-corrected chi connectivity index (χ1v) is 9.64. The SMILES string of the molecule is CCCCCc1ccc(S(=O)(=O)NCCCOC(C)C)cc1. The Hall–Kier alpha value is -0.910. The van der Waals surface area contributed by atoms with E-state index in [0.29, 0.717) is 24.5 Å². The van der Waals surface area contributed by atoms with Crippen molar-refractivity contribution in [2.24, 2.45) is 0 Å². The van der Waals surface area contributed by atoms with Crippen LogP contribution in [0.25, 0.3) is 0 Å². The van der Waals surface area contributed by atoms with Gasteiger partial charge in [-0.1, -0.05) is 31.9 Å². The first-order valence-electron chi connectivity index (χ1n) is 8.16. The molecule has 0 spiro atoms. The second-order valence-corrected chi connectivity index (χ2v) is 7.54. The van der Waals surface area contributed by atoms with Gasteiger partial charge in [-0.2, -0.15) is 0 Å². The zero-order valence-electron chi connectivity index (χ0n) is 14.0. The van der Waals surface area contributed by atoms with Gasteiger partial charge in [0.05, 0.1) is 11.0 Å². The van der Waals surface area contributed by atoms with Gasteiger partial charge in [0, 0.05) is 13.2 Å². The van der Waals surface area contributed by atoms with Crippen LogP contribution in [0, 0.1) is 0 Å². The Balaban J connectivity index is 2.44. The lowest BCUT2D eigenvalue weighted by atomic mass is 10.1. The molecule has 0 heterocycles. The Labute approximate surface area is 135 Å². The van der Waals surface area contributed by atoms with Crippen LogP contribution in [0.1, 0.15) is 52.0 Å². The second-order valence-electron chi connectivity index (χ2n) is 5.77. The van der Waals surface area contributed by atoms with Crippen molar-refractivity contribution in [1.29, 1.82) is 0 Å². The van der Waals surface area contributed by atoms with Crippen LogP contribution < -0.4 is 4.72 Å². The molecular weight excluding hydrogens is 298 g/mol. The highest BCUT2D eigenvalue weighted by Gasteiger charge is 2.12. The predicted molar refractivity (Wildman–Crippen MR) is 90.6 cm³/mol. The maximum Gasteiger partial charge on any atom is 0.240 e. The third-order valence-corrected chi connectivity index (χ3v) is 4.84. The van der Waals surface area contributed by atoms with Gasteiger partial charge in [-0.15, -0.1) is 0 Å². The molecule has 0 radical (unpaired) electrons. The van der Waals surface area contributed by atoms with Crippen LogP contribution in [0.15, 0.2) is 29.2 Å². The molecule has 0 fully saturated rings. The van der Waals surface area contributed by atoms with E-state index in [-0.39, 0.29) is 6.10 Å². The number of aryl methyl sites for hydroxylation is 1. The molecule has 0 aromatic heterocycles. The van der Waals surface area contributed by atoms with Crippen LogP contribution >= 0.6 is 0 Å². The minimum atomic E-state index is -3.41. The van der Waals surface area contributed by atoms with Crippen molar-refractivity contribution >= 4 is 10.0 Å². The van der Waals surface area contributed by atoms with E-state index in [2.05, 4.69) is 11.6 Å². The summed E-state index contributed by atoms with van der Waals surface area (Å²) >= 11 is 0. The van der Waals surface area contributed by atoms with Crippen molar-refractivity contribution in [2.75, 3.05) is 13.2 Å². The molecule has 0 atom stereocenters. The molecule has 0 bridgehead atoms. The summed E-state index contributed by atoms with van der Waals surface area (Å²) in [6.45, 7) is 7.07. The van der Waals surface area contributed by atoms with E-state index in [1.165, 1.54) is 18.4 Å². The van der Waals surface area contributed by atoms with E-state index < -0.39 is 10.0 Å². The third kappa shape index (κ3) is 7.38. The van der Waals surface area contributed by atoms with Gasteiger partial charge in [-0.05, 0) is 50.8 Å². The van der Waals surface area contributed by atoms with Gasteiger partial charge in [0.1, 0.15) is 0 Å². The highest BCUT2D eigenvalue weighted by molar-refractivity contribution is 7.89. The Kier molecular flexibility index (Phi) is 8.68. The predicted octanol–water partition coefficient (Wildman–Crippen LogP) is 3.51. The molecule has 5 heteroatoms. The zero-order chi connectivity index (χ0) is 16.4. The van der Waals surface area contributed by atoms with Crippen LogP contribution in [0.3, 0.4) is 0 Å². The van der Waals surface area contributed by atoms with Crippen LogP contribution in [0.2, 0.25) is 0 Å². The number of nitrogens with one attached hydrogen (secondary N) is 1. The lowest BCUT2D eigenvalue weighted by molar-refractivity contribution is 0.0778. The van der Waals surface area contributed by atoms with Gasteiger partial charge < -0.3 is 4.74 Å². The van der Waals surface area contributed by atoms with E-state index in [1.54, 1.807) is 12.1 Å². The summed E-state index contributed by atoms with van der Waals surface area (Å²) in [5.74, 6) is 0. The topological polar surface area (TPSA) is 55.4 Å². The van der Waals surface area contributed by atoms with Crippen molar-refractivity contribution in [2.45, 2.75) is 63.9 Å². The smallest absolute Gasteiger partial charge is 0.240 e. The molecule has 0 aliphatic rings. The molecule has 1 aromatic rings. The molecule has 0 saturated carbocycles. The number of ether oxygens (including phenoxy) is 1. The maximum absolute atomic E-state index is 12.1. The average molecular weight is 327 g/mol. The molecule has 22 heavy (non-hydrogen) atoms. The normalized spacial score (nSPS) is 12.0. The summed E-state index contributed by atoms with van der Waals surface area (Å²) in [6, 6.07) is 7.20. The summed E-state index contributed by atoms with van der Waals surface area (Å²) in [7, 11) is -3.41. The highest BCUT2D eigenvalue weighted by atomic mass is 32.2. The van der Waals surface area contributed by atoms with Crippen molar-refractivity contribution in [3.8, 4) is 0 Å². The second kappa shape index (κ2) is 9.98. The number of rotatable bonds is 11. The number of hydrogen-bond donors (Lipinski definition) is 1. The van der Waals surface area contributed by atoms with E-state index in [9.17, 15) is 8.42 Å². The number of unbranched alkanes of at least 4 members (excludes halogenated alkanes) is 2. The Morgan fingerprint density at radius 3 is 2.36 bits per heavy atom. The van der Waals surface area contributed by atoms with Crippen molar-refractivity contribution in [3.05, 3.63) is 29.8 Å². The summed E-state index contributed by atoms with van der Waals surface area (Å²) in [4.78, 5) is 0.330. The molecule has 0 aliphatic heterocycles. The van der Waals surface area contributed by atoms with Crippen LogP contribution in [-0.2, 0) is 21.2 Å². The summed E-state index contributed by atoms with van der Waals surface area (Å²) in [5.41, 5.74) is 1.19. The Morgan fingerprint density at radius 1 is 1.09 bits per heavy atom. The third-order valence-electron chi connectivity index (χ3n) is 3.37. The first kappa shape index (κ1) is 19.1. The molecule has 1 rings (SSSR count). The van der Waals surface area contributed by atoms with Crippen molar-refractivity contribution in [3.63, 3.8) is 0 Å². The van der Waals surface area contributed by atoms with Gasteiger partial charge >= 0.3 is 0 Å². The van der Waals surface area contributed by atoms with Crippen molar-refractivity contribution in [1.82, 2.24) is 4.72 Å². The Bertz CT molecular complexity index is 509. The quantitative estimate of drug-likeness (QED) is 0.633. The number of benzene rings is 1. The Morgan fingerprint density at radius 2 is 1.77 bits per heavy atom. The molecule has 0 saturated heterocycles. The summed E-state index contributed by atoms with van der Waals surface area (Å²) in [5, 5.41) is 0. The fourth-order valence-electron chi connectivity index (χ4n) is 2.10. The van der Waals surface area contributed by atoms with Gasteiger partial charge in [0.15, 0.2) is 0 Å². The fourth-order valence-corrected chi connectivity index (χ4v) is 3.17. The van der Waals surface area contributed by atoms with Gasteiger partial charge in [-0.3, -0.25) is 0 Å². The van der Waals surface area contributed by atoms with E-state index in [0.717, 1.165) is 12.8 Å². The summed E-state index contributed by atoms with van der Waals surface area (Å²) in [6.07, 6.45) is 5.41. The molecule has 0 amide bonds. The van der Waals surface area contributed by atoms with E-state index >= 15 is 0 Å². The van der Waals surface area contributed by atoms with Gasteiger partial charge in [0.2, 0.25) is 10.0 Å². The summed E-state index contributed by atoms with van der Waals surface area (Å²) < 4.78 is 32.3. The van der Waals surface area contributed by atoms with Crippen LogP contribution in [0.4, 0.5) is 0 Å². The maximum atomic E-state index is 12.1. The van der Waals surface area contributed by atoms with Gasteiger partial charge in [0.25, 0.3) is 0 Å². The van der Waals surface area contributed by atoms with E-state index in [4.69, 9.17) is 4.74 Å². The first-order chi connectivity index (χ1) is 10.5. The molecule has 1 aromatic carbocycles. The van der Waals surface area contributed by atoms with Crippen LogP contribution in [0.5, 0.6) is 0 Å².